The van der Waals surface area contributed by atoms with Gasteiger partial charge < -0.3 is 4.90 Å². The molecule has 0 saturated heterocycles. The van der Waals surface area contributed by atoms with E-state index in [1.165, 1.54) is 0 Å². The van der Waals surface area contributed by atoms with E-state index in [9.17, 15) is 9.59 Å². The summed E-state index contributed by atoms with van der Waals surface area (Å²) in [6.07, 6.45) is 0.858. The van der Waals surface area contributed by atoms with Gasteiger partial charge in [0.05, 0.1) is 17.4 Å². The molecule has 0 amide bonds. The third-order valence-electron chi connectivity index (χ3n) is 6.20. The van der Waals surface area contributed by atoms with Gasteiger partial charge in [-0.1, -0.05) is 80.2 Å². The van der Waals surface area contributed by atoms with Gasteiger partial charge in [-0.2, -0.15) is 0 Å². The number of nitrogens with zero attached hydrogens (tertiary/aromatic N) is 1. The van der Waals surface area contributed by atoms with Gasteiger partial charge in [-0.15, -0.1) is 0 Å². The largest absolute Gasteiger partial charge is 0.331 e. The van der Waals surface area contributed by atoms with Crippen molar-refractivity contribution in [2.45, 2.75) is 42.5 Å². The van der Waals surface area contributed by atoms with Gasteiger partial charge in [0, 0.05) is 22.6 Å². The van der Waals surface area contributed by atoms with Crippen LogP contribution in [0.4, 0.5) is 11.4 Å². The molecule has 5 rings (SSSR count). The number of ketones is 2. The summed E-state index contributed by atoms with van der Waals surface area (Å²) in [5.74, 6) is -0.591. The first kappa shape index (κ1) is 20.1. The minimum absolute atomic E-state index is 0.0447. The van der Waals surface area contributed by atoms with Crippen molar-refractivity contribution in [1.29, 1.82) is 0 Å². The second-order valence-electron chi connectivity index (χ2n) is 9.19. The maximum atomic E-state index is 13.4. The first-order valence-corrected chi connectivity index (χ1v) is 11.5. The molecule has 0 spiro atoms. The van der Waals surface area contributed by atoms with Crippen LogP contribution in [-0.4, -0.2) is 11.6 Å². The van der Waals surface area contributed by atoms with Crippen molar-refractivity contribution in [2.24, 2.45) is 11.3 Å². The average molecular weight is 428 g/mol. The van der Waals surface area contributed by atoms with E-state index in [4.69, 9.17) is 0 Å². The standard InChI is InChI=1S/C27H25NO2S/c1-27(2)16-21(29)25(22(30)17-27)26(18-10-4-3-5-11-18)28-19-12-6-8-14-23(19)31-24-15-9-7-13-20(24)28/h3-15,25-26H,16-17H2,1-2H3/t26-/m0/s1. The number of anilines is 2. The molecule has 156 valence electrons. The number of para-hydroxylation sites is 2. The van der Waals surface area contributed by atoms with Gasteiger partial charge in [-0.25, -0.2) is 0 Å². The Bertz CT molecular complexity index is 1090. The quantitative estimate of drug-likeness (QED) is 0.441. The number of fused-ring (bicyclic) bond motifs is 2. The van der Waals surface area contributed by atoms with Gasteiger partial charge >= 0.3 is 0 Å². The molecule has 2 aliphatic rings. The second kappa shape index (κ2) is 7.69. The molecule has 4 heteroatoms. The predicted octanol–water partition coefficient (Wildman–Crippen LogP) is 6.61. The van der Waals surface area contributed by atoms with E-state index in [2.05, 4.69) is 29.2 Å². The molecule has 0 radical (unpaired) electrons. The number of benzene rings is 3. The molecule has 3 aromatic rings. The summed E-state index contributed by atoms with van der Waals surface area (Å²) in [4.78, 5) is 31.4. The molecule has 0 aromatic heterocycles. The van der Waals surface area contributed by atoms with E-state index in [0.717, 1.165) is 26.7 Å². The Morgan fingerprint density at radius 2 is 1.26 bits per heavy atom. The van der Waals surface area contributed by atoms with Crippen LogP contribution in [0.2, 0.25) is 0 Å². The van der Waals surface area contributed by atoms with Crippen molar-refractivity contribution in [2.75, 3.05) is 4.90 Å². The summed E-state index contributed by atoms with van der Waals surface area (Å²) >= 11 is 1.74. The lowest BCUT2D eigenvalue weighted by molar-refractivity contribution is -0.140. The molecule has 3 nitrogen and oxygen atoms in total. The van der Waals surface area contributed by atoms with Crippen molar-refractivity contribution < 1.29 is 9.59 Å². The number of hydrogen-bond donors (Lipinski definition) is 0. The van der Waals surface area contributed by atoms with E-state index in [-0.39, 0.29) is 23.0 Å². The SMILES string of the molecule is CC1(C)CC(=O)C([C@H](c2ccccc2)N2c3ccccc3Sc3ccccc32)C(=O)C1. The third-order valence-corrected chi connectivity index (χ3v) is 7.33. The lowest BCUT2D eigenvalue weighted by atomic mass is 9.68. The molecule has 1 atom stereocenters. The molecule has 0 N–H and O–H groups in total. The molecule has 1 heterocycles. The van der Waals surface area contributed by atoms with Gasteiger partial charge in [-0.05, 0) is 35.2 Å². The molecular formula is C27H25NO2S. The Morgan fingerprint density at radius 3 is 1.81 bits per heavy atom. The van der Waals surface area contributed by atoms with Gasteiger partial charge in [0.1, 0.15) is 17.5 Å². The minimum Gasteiger partial charge on any atom is -0.331 e. The Hall–Kier alpha value is -2.85. The zero-order valence-electron chi connectivity index (χ0n) is 17.7. The summed E-state index contributed by atoms with van der Waals surface area (Å²) < 4.78 is 0. The van der Waals surface area contributed by atoms with Crippen LogP contribution in [-0.2, 0) is 9.59 Å². The maximum Gasteiger partial charge on any atom is 0.146 e. The van der Waals surface area contributed by atoms with Crippen LogP contribution in [0.5, 0.6) is 0 Å². The van der Waals surface area contributed by atoms with Crippen LogP contribution >= 0.6 is 11.8 Å². The Balaban J connectivity index is 1.72. The van der Waals surface area contributed by atoms with Crippen molar-refractivity contribution in [3.63, 3.8) is 0 Å². The van der Waals surface area contributed by atoms with E-state index >= 15 is 0 Å². The van der Waals surface area contributed by atoms with E-state index in [0.29, 0.717) is 12.8 Å². The fraction of sp³-hybridized carbons (Fsp3) is 0.259. The Morgan fingerprint density at radius 1 is 0.774 bits per heavy atom. The lowest BCUT2D eigenvalue weighted by Gasteiger charge is -2.44. The molecule has 1 aliphatic carbocycles. The van der Waals surface area contributed by atoms with Crippen molar-refractivity contribution in [3.05, 3.63) is 84.4 Å². The van der Waals surface area contributed by atoms with Crippen LogP contribution in [0.3, 0.4) is 0 Å². The summed E-state index contributed by atoms with van der Waals surface area (Å²) in [5, 5.41) is 0. The van der Waals surface area contributed by atoms with Crippen molar-refractivity contribution >= 4 is 34.7 Å². The fourth-order valence-electron chi connectivity index (χ4n) is 4.93. The first-order valence-electron chi connectivity index (χ1n) is 10.7. The van der Waals surface area contributed by atoms with Crippen LogP contribution < -0.4 is 4.90 Å². The lowest BCUT2D eigenvalue weighted by Crippen LogP contribution is -2.45. The van der Waals surface area contributed by atoms with Gasteiger partial charge in [0.15, 0.2) is 0 Å². The summed E-state index contributed by atoms with van der Waals surface area (Å²) in [7, 11) is 0. The van der Waals surface area contributed by atoms with Crippen LogP contribution in [0.1, 0.15) is 38.3 Å². The zero-order chi connectivity index (χ0) is 21.6. The fourth-order valence-corrected chi connectivity index (χ4v) is 6.00. The highest BCUT2D eigenvalue weighted by Crippen LogP contribution is 2.53. The van der Waals surface area contributed by atoms with Crippen LogP contribution in [0.15, 0.2) is 88.7 Å². The topological polar surface area (TPSA) is 37.4 Å². The Kier molecular flexibility index (Phi) is 4.98. The molecule has 0 bridgehead atoms. The predicted molar refractivity (Wildman–Crippen MR) is 125 cm³/mol. The highest BCUT2D eigenvalue weighted by Gasteiger charge is 2.47. The first-order chi connectivity index (χ1) is 14.9. The monoisotopic (exact) mass is 427 g/mol. The normalized spacial score (nSPS) is 19.0. The van der Waals surface area contributed by atoms with Gasteiger partial charge in [0.25, 0.3) is 0 Å². The summed E-state index contributed by atoms with van der Waals surface area (Å²) in [5.41, 5.74) is 2.81. The summed E-state index contributed by atoms with van der Waals surface area (Å²) in [6, 6.07) is 26.2. The molecule has 3 aromatic carbocycles. The van der Waals surface area contributed by atoms with Crippen LogP contribution in [0.25, 0.3) is 0 Å². The van der Waals surface area contributed by atoms with Crippen molar-refractivity contribution in [1.82, 2.24) is 0 Å². The number of hydrogen-bond acceptors (Lipinski definition) is 4. The molecule has 1 aliphatic heterocycles. The van der Waals surface area contributed by atoms with Gasteiger partial charge in [-0.3, -0.25) is 9.59 Å². The van der Waals surface area contributed by atoms with E-state index in [1.54, 1.807) is 11.8 Å². The highest BCUT2D eigenvalue weighted by molar-refractivity contribution is 7.99. The number of carbonyl (C=O) groups is 2. The van der Waals surface area contributed by atoms with Crippen molar-refractivity contribution in [3.8, 4) is 0 Å². The van der Waals surface area contributed by atoms with E-state index < -0.39 is 5.92 Å². The van der Waals surface area contributed by atoms with Gasteiger partial charge in [0.2, 0.25) is 0 Å². The van der Waals surface area contributed by atoms with E-state index in [1.807, 2.05) is 68.4 Å². The average Bonchev–Trinajstić information content (AvgIpc) is 2.75. The molecule has 31 heavy (non-hydrogen) atoms. The van der Waals surface area contributed by atoms with Crippen LogP contribution in [0, 0.1) is 11.3 Å². The summed E-state index contributed by atoms with van der Waals surface area (Å²) in [6.45, 7) is 4.03. The number of carbonyl (C=O) groups excluding carboxylic acids is 2. The molecule has 0 unspecified atom stereocenters. The Labute approximate surface area is 187 Å². The minimum atomic E-state index is -0.681. The maximum absolute atomic E-state index is 13.4. The second-order valence-corrected chi connectivity index (χ2v) is 10.3. The molecule has 1 fully saturated rings. The third kappa shape index (κ3) is 3.59. The molecule has 1 saturated carbocycles. The number of rotatable bonds is 3. The zero-order valence-corrected chi connectivity index (χ0v) is 18.6. The number of Topliss-reactive ketones (excluding diaryl/α,β-unsaturated/α-hetero) is 2. The highest BCUT2D eigenvalue weighted by atomic mass is 32.2. The molecular weight excluding hydrogens is 402 g/mol. The smallest absolute Gasteiger partial charge is 0.146 e.